The second-order valence-electron chi connectivity index (χ2n) is 6.21. The highest BCUT2D eigenvalue weighted by Crippen LogP contribution is 2.22. The Morgan fingerprint density at radius 1 is 1.16 bits per heavy atom. The minimum absolute atomic E-state index is 0.231. The van der Waals surface area contributed by atoms with Crippen LogP contribution in [-0.2, 0) is 0 Å². The lowest BCUT2D eigenvalue weighted by molar-refractivity contribution is 0.242. The number of hydrogen-bond acceptors (Lipinski definition) is 3. The van der Waals surface area contributed by atoms with E-state index in [1.165, 1.54) is 5.69 Å². The second kappa shape index (κ2) is 5.83. The van der Waals surface area contributed by atoms with Crippen LogP contribution in [0, 0.1) is 0 Å². The Bertz CT molecular complexity index is 398. The van der Waals surface area contributed by atoms with E-state index in [2.05, 4.69) is 62.2 Å². The molecule has 0 aromatic heterocycles. The first-order chi connectivity index (χ1) is 8.96. The van der Waals surface area contributed by atoms with E-state index in [0.717, 1.165) is 31.8 Å². The standard InChI is InChI=1S/C16H26N2O/c1-13(2)19-15-7-5-14(6-8-15)18-11-9-16(3,4)17-10-12-18/h5-8,13,17H,9-12H2,1-4H3. The Morgan fingerprint density at radius 3 is 2.47 bits per heavy atom. The van der Waals surface area contributed by atoms with E-state index >= 15 is 0 Å². The molecule has 1 aromatic rings. The summed E-state index contributed by atoms with van der Waals surface area (Å²) >= 11 is 0. The zero-order chi connectivity index (χ0) is 13.9. The van der Waals surface area contributed by atoms with Crippen LogP contribution in [-0.4, -0.2) is 31.3 Å². The van der Waals surface area contributed by atoms with Crippen molar-refractivity contribution in [1.82, 2.24) is 5.32 Å². The van der Waals surface area contributed by atoms with Crippen LogP contribution in [0.5, 0.6) is 5.75 Å². The van der Waals surface area contributed by atoms with E-state index in [0.29, 0.717) is 0 Å². The van der Waals surface area contributed by atoms with Crippen LogP contribution in [0.2, 0.25) is 0 Å². The second-order valence-corrected chi connectivity index (χ2v) is 6.21. The molecule has 0 bridgehead atoms. The predicted molar refractivity (Wildman–Crippen MR) is 81.1 cm³/mol. The maximum Gasteiger partial charge on any atom is 0.119 e. The zero-order valence-electron chi connectivity index (χ0n) is 12.6. The van der Waals surface area contributed by atoms with Crippen molar-refractivity contribution in [1.29, 1.82) is 0 Å². The zero-order valence-corrected chi connectivity index (χ0v) is 12.6. The van der Waals surface area contributed by atoms with Gasteiger partial charge in [0.15, 0.2) is 0 Å². The monoisotopic (exact) mass is 262 g/mol. The summed E-state index contributed by atoms with van der Waals surface area (Å²) in [5.41, 5.74) is 1.53. The number of nitrogens with one attached hydrogen (secondary N) is 1. The van der Waals surface area contributed by atoms with Gasteiger partial charge in [-0.2, -0.15) is 0 Å². The highest BCUT2D eigenvalue weighted by molar-refractivity contribution is 5.49. The summed E-state index contributed by atoms with van der Waals surface area (Å²) in [7, 11) is 0. The van der Waals surface area contributed by atoms with Gasteiger partial charge in [0.05, 0.1) is 6.10 Å². The van der Waals surface area contributed by atoms with Crippen molar-refractivity contribution < 1.29 is 4.74 Å². The Kier molecular flexibility index (Phi) is 4.35. The molecule has 1 heterocycles. The van der Waals surface area contributed by atoms with Crippen molar-refractivity contribution in [3.8, 4) is 5.75 Å². The molecule has 0 radical (unpaired) electrons. The average molecular weight is 262 g/mol. The molecule has 1 aliphatic heterocycles. The van der Waals surface area contributed by atoms with Gasteiger partial charge in [-0.05, 0) is 58.4 Å². The van der Waals surface area contributed by atoms with E-state index < -0.39 is 0 Å². The van der Waals surface area contributed by atoms with Crippen molar-refractivity contribution in [3.63, 3.8) is 0 Å². The third-order valence-electron chi connectivity index (χ3n) is 3.57. The van der Waals surface area contributed by atoms with Gasteiger partial charge in [-0.3, -0.25) is 0 Å². The first-order valence-electron chi connectivity index (χ1n) is 7.23. The summed E-state index contributed by atoms with van der Waals surface area (Å²) in [6, 6.07) is 8.46. The molecule has 0 unspecified atom stereocenters. The van der Waals surface area contributed by atoms with Crippen molar-refractivity contribution in [2.45, 2.75) is 45.8 Å². The van der Waals surface area contributed by atoms with Gasteiger partial charge in [0, 0.05) is 30.9 Å². The SMILES string of the molecule is CC(C)Oc1ccc(N2CCNC(C)(C)CC2)cc1. The molecule has 106 valence electrons. The molecule has 0 atom stereocenters. The summed E-state index contributed by atoms with van der Waals surface area (Å²) < 4.78 is 5.68. The summed E-state index contributed by atoms with van der Waals surface area (Å²) in [4.78, 5) is 2.45. The number of rotatable bonds is 3. The van der Waals surface area contributed by atoms with Crippen LogP contribution in [0.15, 0.2) is 24.3 Å². The molecule has 2 rings (SSSR count). The molecule has 1 fully saturated rings. The summed E-state index contributed by atoms with van der Waals surface area (Å²) in [5.74, 6) is 0.951. The fourth-order valence-corrected chi connectivity index (χ4v) is 2.41. The lowest BCUT2D eigenvalue weighted by Crippen LogP contribution is -2.39. The number of hydrogen-bond donors (Lipinski definition) is 1. The summed E-state index contributed by atoms with van der Waals surface area (Å²) in [5, 5.41) is 3.59. The molecule has 1 aliphatic rings. The van der Waals surface area contributed by atoms with Gasteiger partial charge in [0.25, 0.3) is 0 Å². The van der Waals surface area contributed by atoms with Crippen LogP contribution in [0.4, 0.5) is 5.69 Å². The largest absolute Gasteiger partial charge is 0.491 e. The number of benzene rings is 1. The van der Waals surface area contributed by atoms with Crippen molar-refractivity contribution >= 4 is 5.69 Å². The minimum atomic E-state index is 0.231. The van der Waals surface area contributed by atoms with Crippen LogP contribution < -0.4 is 15.0 Å². The van der Waals surface area contributed by atoms with Gasteiger partial charge >= 0.3 is 0 Å². The maximum atomic E-state index is 5.68. The lowest BCUT2D eigenvalue weighted by atomic mass is 10.0. The minimum Gasteiger partial charge on any atom is -0.491 e. The van der Waals surface area contributed by atoms with Crippen LogP contribution >= 0.6 is 0 Å². The summed E-state index contributed by atoms with van der Waals surface area (Å²) in [6.45, 7) is 11.9. The first kappa shape index (κ1) is 14.2. The summed E-state index contributed by atoms with van der Waals surface area (Å²) in [6.07, 6.45) is 1.39. The van der Waals surface area contributed by atoms with Gasteiger partial charge in [0.2, 0.25) is 0 Å². The van der Waals surface area contributed by atoms with Gasteiger partial charge in [-0.15, -0.1) is 0 Å². The molecular formula is C16H26N2O. The Hall–Kier alpha value is -1.22. The normalized spacial score (nSPS) is 19.3. The van der Waals surface area contributed by atoms with Crippen LogP contribution in [0.3, 0.4) is 0 Å². The molecular weight excluding hydrogens is 236 g/mol. The fraction of sp³-hybridized carbons (Fsp3) is 0.625. The van der Waals surface area contributed by atoms with E-state index in [9.17, 15) is 0 Å². The lowest BCUT2D eigenvalue weighted by Gasteiger charge is -2.25. The number of anilines is 1. The molecule has 1 N–H and O–H groups in total. The maximum absolute atomic E-state index is 5.68. The molecule has 0 spiro atoms. The Labute approximate surface area is 116 Å². The van der Waals surface area contributed by atoms with Gasteiger partial charge in [-0.1, -0.05) is 0 Å². The van der Waals surface area contributed by atoms with E-state index in [4.69, 9.17) is 4.74 Å². The van der Waals surface area contributed by atoms with Crippen molar-refractivity contribution in [3.05, 3.63) is 24.3 Å². The van der Waals surface area contributed by atoms with Gasteiger partial charge in [0.1, 0.15) is 5.75 Å². The molecule has 0 aliphatic carbocycles. The molecule has 3 nitrogen and oxygen atoms in total. The van der Waals surface area contributed by atoms with Crippen LogP contribution in [0.25, 0.3) is 0 Å². The third kappa shape index (κ3) is 4.13. The van der Waals surface area contributed by atoms with Gasteiger partial charge in [-0.25, -0.2) is 0 Å². The topological polar surface area (TPSA) is 24.5 Å². The third-order valence-corrected chi connectivity index (χ3v) is 3.57. The number of ether oxygens (including phenoxy) is 1. The van der Waals surface area contributed by atoms with E-state index in [1.54, 1.807) is 0 Å². The molecule has 0 amide bonds. The Balaban J connectivity index is 2.01. The molecule has 19 heavy (non-hydrogen) atoms. The molecule has 1 saturated heterocycles. The average Bonchev–Trinajstić information content (AvgIpc) is 2.51. The first-order valence-corrected chi connectivity index (χ1v) is 7.23. The van der Waals surface area contributed by atoms with Crippen LogP contribution in [0.1, 0.15) is 34.1 Å². The van der Waals surface area contributed by atoms with E-state index in [1.807, 2.05) is 0 Å². The fourth-order valence-electron chi connectivity index (χ4n) is 2.41. The Morgan fingerprint density at radius 2 is 1.84 bits per heavy atom. The molecule has 0 saturated carbocycles. The predicted octanol–water partition coefficient (Wildman–Crippen LogP) is 3.05. The highest BCUT2D eigenvalue weighted by atomic mass is 16.5. The van der Waals surface area contributed by atoms with E-state index in [-0.39, 0.29) is 11.6 Å². The van der Waals surface area contributed by atoms with Crippen molar-refractivity contribution in [2.75, 3.05) is 24.5 Å². The van der Waals surface area contributed by atoms with Crippen molar-refractivity contribution in [2.24, 2.45) is 0 Å². The quantitative estimate of drug-likeness (QED) is 0.906. The smallest absolute Gasteiger partial charge is 0.119 e. The molecule has 3 heteroatoms. The highest BCUT2D eigenvalue weighted by Gasteiger charge is 2.22. The number of nitrogens with zero attached hydrogens (tertiary/aromatic N) is 1. The molecule has 1 aromatic carbocycles. The van der Waals surface area contributed by atoms with Gasteiger partial charge < -0.3 is 15.0 Å².